The Morgan fingerprint density at radius 1 is 1.14 bits per heavy atom. The number of halogens is 1. The van der Waals surface area contributed by atoms with Crippen molar-refractivity contribution in [3.63, 3.8) is 0 Å². The Hall–Kier alpha value is -1.92. The number of hydrogen-bond acceptors (Lipinski definition) is 6. The molecule has 0 aliphatic carbocycles. The third-order valence-electron chi connectivity index (χ3n) is 2.79. The van der Waals surface area contributed by atoms with E-state index in [2.05, 4.69) is 20.3 Å². The molecule has 6 nitrogen and oxygen atoms in total. The van der Waals surface area contributed by atoms with Crippen molar-refractivity contribution in [2.45, 2.75) is 20.1 Å². The molecule has 0 saturated carbocycles. The topological polar surface area (TPSA) is 69.2 Å². The number of methoxy groups -OCH3 is 1. The summed E-state index contributed by atoms with van der Waals surface area (Å²) < 4.78 is 10.4. The van der Waals surface area contributed by atoms with Crippen LogP contribution >= 0.6 is 11.6 Å². The molecule has 1 aromatic heterocycles. The molecular weight excluding hydrogens is 292 g/mol. The smallest absolute Gasteiger partial charge is 0.322 e. The van der Waals surface area contributed by atoms with Gasteiger partial charge in [-0.25, -0.2) is 0 Å². The van der Waals surface area contributed by atoms with Gasteiger partial charge in [-0.15, -0.1) is 0 Å². The van der Waals surface area contributed by atoms with Crippen LogP contribution in [-0.2, 0) is 17.9 Å². The van der Waals surface area contributed by atoms with Crippen LogP contribution in [0.2, 0.25) is 5.28 Å². The molecule has 0 amide bonds. The first-order chi connectivity index (χ1) is 10.2. The standard InChI is InChI=1S/C14H17ClN4O2/c1-3-21-9-11-7-5-4-6-10(11)8-16-13-17-12(15)18-14(19-13)20-2/h4-7H,3,8-9H2,1-2H3,(H,16,17,18,19). The van der Waals surface area contributed by atoms with Gasteiger partial charge in [-0.05, 0) is 29.7 Å². The molecule has 0 bridgehead atoms. The summed E-state index contributed by atoms with van der Waals surface area (Å²) in [5.41, 5.74) is 2.24. The molecule has 1 N–H and O–H groups in total. The van der Waals surface area contributed by atoms with Crippen LogP contribution in [0.1, 0.15) is 18.1 Å². The number of rotatable bonds is 7. The highest BCUT2D eigenvalue weighted by atomic mass is 35.5. The first-order valence-corrected chi connectivity index (χ1v) is 6.94. The van der Waals surface area contributed by atoms with Crippen LogP contribution in [0.15, 0.2) is 24.3 Å². The largest absolute Gasteiger partial charge is 0.467 e. The lowest BCUT2D eigenvalue weighted by Crippen LogP contribution is -2.08. The molecule has 21 heavy (non-hydrogen) atoms. The Morgan fingerprint density at radius 2 is 1.90 bits per heavy atom. The molecule has 112 valence electrons. The minimum atomic E-state index is 0.0898. The van der Waals surface area contributed by atoms with Gasteiger partial charge in [-0.3, -0.25) is 0 Å². The van der Waals surface area contributed by atoms with Crippen molar-refractivity contribution in [2.75, 3.05) is 19.0 Å². The first-order valence-electron chi connectivity index (χ1n) is 6.57. The van der Waals surface area contributed by atoms with Gasteiger partial charge in [-0.2, -0.15) is 15.0 Å². The SMILES string of the molecule is CCOCc1ccccc1CNc1nc(Cl)nc(OC)n1. The predicted molar refractivity (Wildman–Crippen MR) is 80.5 cm³/mol. The second-order valence-electron chi connectivity index (χ2n) is 4.17. The van der Waals surface area contributed by atoms with E-state index in [0.717, 1.165) is 11.1 Å². The van der Waals surface area contributed by atoms with Gasteiger partial charge in [0.2, 0.25) is 11.2 Å². The number of anilines is 1. The fraction of sp³-hybridized carbons (Fsp3) is 0.357. The molecule has 0 radical (unpaired) electrons. The van der Waals surface area contributed by atoms with Crippen molar-refractivity contribution in [3.05, 3.63) is 40.7 Å². The lowest BCUT2D eigenvalue weighted by molar-refractivity contribution is 0.133. The normalized spacial score (nSPS) is 10.4. The zero-order chi connectivity index (χ0) is 15.1. The van der Waals surface area contributed by atoms with Crippen molar-refractivity contribution >= 4 is 17.5 Å². The molecule has 0 fully saturated rings. The van der Waals surface area contributed by atoms with Crippen LogP contribution in [-0.4, -0.2) is 28.7 Å². The van der Waals surface area contributed by atoms with E-state index in [1.807, 2.05) is 31.2 Å². The maximum absolute atomic E-state index is 5.81. The minimum absolute atomic E-state index is 0.0898. The summed E-state index contributed by atoms with van der Waals surface area (Å²) in [5.74, 6) is 0.373. The van der Waals surface area contributed by atoms with Crippen molar-refractivity contribution < 1.29 is 9.47 Å². The summed E-state index contributed by atoms with van der Waals surface area (Å²) in [6.07, 6.45) is 0. The summed E-state index contributed by atoms with van der Waals surface area (Å²) in [7, 11) is 1.48. The molecule has 0 aliphatic rings. The van der Waals surface area contributed by atoms with E-state index in [1.54, 1.807) is 0 Å². The quantitative estimate of drug-likeness (QED) is 0.848. The van der Waals surface area contributed by atoms with Crippen molar-refractivity contribution in [1.29, 1.82) is 0 Å². The molecule has 0 spiro atoms. The van der Waals surface area contributed by atoms with Gasteiger partial charge in [0, 0.05) is 13.2 Å². The fourth-order valence-electron chi connectivity index (χ4n) is 1.76. The maximum atomic E-state index is 5.81. The molecule has 0 saturated heterocycles. The Kier molecular flexibility index (Phi) is 5.71. The highest BCUT2D eigenvalue weighted by Gasteiger charge is 2.06. The van der Waals surface area contributed by atoms with Gasteiger partial charge < -0.3 is 14.8 Å². The molecule has 7 heteroatoms. The lowest BCUT2D eigenvalue weighted by Gasteiger charge is -2.11. The van der Waals surface area contributed by atoms with E-state index in [0.29, 0.717) is 25.7 Å². The van der Waals surface area contributed by atoms with E-state index in [4.69, 9.17) is 21.1 Å². The van der Waals surface area contributed by atoms with Gasteiger partial charge in [0.1, 0.15) is 0 Å². The van der Waals surface area contributed by atoms with Gasteiger partial charge >= 0.3 is 6.01 Å². The maximum Gasteiger partial charge on any atom is 0.322 e. The van der Waals surface area contributed by atoms with Gasteiger partial charge in [0.15, 0.2) is 0 Å². The van der Waals surface area contributed by atoms with E-state index >= 15 is 0 Å². The van der Waals surface area contributed by atoms with E-state index in [9.17, 15) is 0 Å². The van der Waals surface area contributed by atoms with Gasteiger partial charge in [0.05, 0.1) is 13.7 Å². The minimum Gasteiger partial charge on any atom is -0.467 e. The third kappa shape index (κ3) is 4.54. The number of ether oxygens (including phenoxy) is 2. The Morgan fingerprint density at radius 3 is 2.62 bits per heavy atom. The van der Waals surface area contributed by atoms with Crippen LogP contribution in [0.3, 0.4) is 0 Å². The van der Waals surface area contributed by atoms with E-state index < -0.39 is 0 Å². The second kappa shape index (κ2) is 7.75. The van der Waals surface area contributed by atoms with E-state index in [1.165, 1.54) is 7.11 Å². The van der Waals surface area contributed by atoms with Gasteiger partial charge in [0.25, 0.3) is 0 Å². The second-order valence-corrected chi connectivity index (χ2v) is 4.51. The Balaban J connectivity index is 2.07. The van der Waals surface area contributed by atoms with Crippen LogP contribution in [0.4, 0.5) is 5.95 Å². The highest BCUT2D eigenvalue weighted by molar-refractivity contribution is 6.28. The number of hydrogen-bond donors (Lipinski definition) is 1. The van der Waals surface area contributed by atoms with Crippen molar-refractivity contribution in [2.24, 2.45) is 0 Å². The predicted octanol–water partition coefficient (Wildman–Crippen LogP) is 2.68. The summed E-state index contributed by atoms with van der Waals surface area (Å²) in [5, 5.41) is 3.20. The number of nitrogens with one attached hydrogen (secondary N) is 1. The Labute approximate surface area is 128 Å². The summed E-state index contributed by atoms with van der Waals surface area (Å²) >= 11 is 5.81. The van der Waals surface area contributed by atoms with Crippen molar-refractivity contribution in [3.8, 4) is 6.01 Å². The first kappa shape index (κ1) is 15.5. The summed E-state index contributed by atoms with van der Waals surface area (Å²) in [6, 6.07) is 8.21. The fourth-order valence-corrected chi connectivity index (χ4v) is 1.91. The number of nitrogens with zero attached hydrogens (tertiary/aromatic N) is 3. The molecular formula is C14H17ClN4O2. The molecule has 2 rings (SSSR count). The van der Waals surface area contributed by atoms with Gasteiger partial charge in [-0.1, -0.05) is 24.3 Å². The molecule has 1 heterocycles. The summed E-state index contributed by atoms with van der Waals surface area (Å²) in [4.78, 5) is 11.9. The molecule has 2 aromatic rings. The van der Waals surface area contributed by atoms with E-state index in [-0.39, 0.29) is 11.3 Å². The highest BCUT2D eigenvalue weighted by Crippen LogP contribution is 2.14. The van der Waals surface area contributed by atoms with Crippen LogP contribution < -0.4 is 10.1 Å². The van der Waals surface area contributed by atoms with Crippen LogP contribution in [0.5, 0.6) is 6.01 Å². The monoisotopic (exact) mass is 308 g/mol. The molecule has 1 aromatic carbocycles. The number of aromatic nitrogens is 3. The van der Waals surface area contributed by atoms with Crippen molar-refractivity contribution in [1.82, 2.24) is 15.0 Å². The molecule has 0 unspecified atom stereocenters. The third-order valence-corrected chi connectivity index (χ3v) is 2.96. The zero-order valence-corrected chi connectivity index (χ0v) is 12.7. The average Bonchev–Trinajstić information content (AvgIpc) is 2.51. The lowest BCUT2D eigenvalue weighted by atomic mass is 10.1. The zero-order valence-electron chi connectivity index (χ0n) is 12.0. The van der Waals surface area contributed by atoms with Crippen LogP contribution in [0, 0.1) is 0 Å². The summed E-state index contributed by atoms with van der Waals surface area (Å²) in [6.45, 7) is 3.80. The molecule has 0 atom stereocenters. The Bertz CT molecular complexity index is 595. The number of benzene rings is 1. The molecule has 0 aliphatic heterocycles. The van der Waals surface area contributed by atoms with Crippen LogP contribution in [0.25, 0.3) is 0 Å². The average molecular weight is 309 g/mol.